The Kier molecular flexibility index (Phi) is 4.62. The van der Waals surface area contributed by atoms with Crippen molar-refractivity contribution in [2.45, 2.75) is 20.4 Å². The number of rotatable bonds is 3. The molecule has 24 heavy (non-hydrogen) atoms. The van der Waals surface area contributed by atoms with Gasteiger partial charge in [-0.3, -0.25) is 4.68 Å². The van der Waals surface area contributed by atoms with Crippen molar-refractivity contribution in [3.63, 3.8) is 0 Å². The topological polar surface area (TPSA) is 41.6 Å². The second-order valence-electron chi connectivity index (χ2n) is 5.64. The van der Waals surface area contributed by atoms with E-state index in [4.69, 9.17) is 28.5 Å². The minimum absolute atomic E-state index is 0.455. The highest BCUT2D eigenvalue weighted by Gasteiger charge is 2.15. The van der Waals surface area contributed by atoms with E-state index in [0.717, 1.165) is 28.1 Å². The highest BCUT2D eigenvalue weighted by Crippen LogP contribution is 2.30. The van der Waals surface area contributed by atoms with E-state index in [1.165, 1.54) is 0 Å². The lowest BCUT2D eigenvalue weighted by Crippen LogP contribution is -2.04. The summed E-state index contributed by atoms with van der Waals surface area (Å²) in [4.78, 5) is 0. The van der Waals surface area contributed by atoms with Gasteiger partial charge in [-0.2, -0.15) is 10.4 Å². The lowest BCUT2D eigenvalue weighted by Gasteiger charge is -2.07. The maximum absolute atomic E-state index is 9.02. The smallest absolute Gasteiger partial charge is 0.101 e. The molecule has 0 saturated heterocycles. The molecule has 5 heteroatoms. The van der Waals surface area contributed by atoms with E-state index < -0.39 is 0 Å². The van der Waals surface area contributed by atoms with Crippen molar-refractivity contribution in [2.75, 3.05) is 0 Å². The van der Waals surface area contributed by atoms with E-state index in [1.54, 1.807) is 6.07 Å². The fourth-order valence-electron chi connectivity index (χ4n) is 2.84. The molecule has 0 atom stereocenters. The molecular weight excluding hydrogens is 341 g/mol. The molecule has 3 aromatic rings. The summed E-state index contributed by atoms with van der Waals surface area (Å²) >= 11 is 12.2. The molecule has 0 amide bonds. The lowest BCUT2D eigenvalue weighted by molar-refractivity contribution is 0.659. The van der Waals surface area contributed by atoms with Crippen LogP contribution < -0.4 is 0 Å². The second-order valence-corrected chi connectivity index (χ2v) is 6.48. The number of hydrogen-bond donors (Lipinski definition) is 0. The molecule has 0 N–H and O–H groups in total. The van der Waals surface area contributed by atoms with Crippen LogP contribution in [-0.4, -0.2) is 9.78 Å². The highest BCUT2D eigenvalue weighted by atomic mass is 35.5. The Morgan fingerprint density at radius 3 is 2.58 bits per heavy atom. The third-order valence-corrected chi connectivity index (χ3v) is 4.53. The van der Waals surface area contributed by atoms with Gasteiger partial charge in [0.05, 0.1) is 22.8 Å². The second kappa shape index (κ2) is 6.68. The van der Waals surface area contributed by atoms with Crippen LogP contribution in [0.25, 0.3) is 11.1 Å². The standard InChI is InChI=1S/C19H15Cl2N3/c1-12-19(15-6-7-16(10-22)18(21)9-15)13(2)24(23-12)11-14-4-3-5-17(20)8-14/h3-9H,11H2,1-2H3. The summed E-state index contributed by atoms with van der Waals surface area (Å²) in [6.45, 7) is 4.66. The lowest BCUT2D eigenvalue weighted by atomic mass is 10.0. The molecule has 0 aliphatic rings. The molecule has 0 fully saturated rings. The Labute approximate surface area is 151 Å². The molecular formula is C19H15Cl2N3. The molecule has 0 aliphatic carbocycles. The number of benzene rings is 2. The van der Waals surface area contributed by atoms with E-state index in [2.05, 4.69) is 11.2 Å². The van der Waals surface area contributed by atoms with Crippen LogP contribution in [0.5, 0.6) is 0 Å². The third-order valence-electron chi connectivity index (χ3n) is 3.98. The van der Waals surface area contributed by atoms with Crippen LogP contribution in [0.2, 0.25) is 10.0 Å². The number of aryl methyl sites for hydroxylation is 1. The van der Waals surface area contributed by atoms with Crippen LogP contribution in [0.4, 0.5) is 0 Å². The SMILES string of the molecule is Cc1nn(Cc2cccc(Cl)c2)c(C)c1-c1ccc(C#N)c(Cl)c1. The quantitative estimate of drug-likeness (QED) is 0.631. The third kappa shape index (κ3) is 3.17. The Morgan fingerprint density at radius 1 is 1.12 bits per heavy atom. The van der Waals surface area contributed by atoms with Crippen LogP contribution in [-0.2, 0) is 6.54 Å². The van der Waals surface area contributed by atoms with Gasteiger partial charge >= 0.3 is 0 Å². The predicted octanol–water partition coefficient (Wildman–Crippen LogP) is 5.39. The molecule has 3 nitrogen and oxygen atoms in total. The van der Waals surface area contributed by atoms with E-state index in [-0.39, 0.29) is 0 Å². The van der Waals surface area contributed by atoms with Crippen molar-refractivity contribution in [1.29, 1.82) is 5.26 Å². The maximum Gasteiger partial charge on any atom is 0.101 e. The minimum Gasteiger partial charge on any atom is -0.265 e. The van der Waals surface area contributed by atoms with Crippen LogP contribution in [0, 0.1) is 25.2 Å². The van der Waals surface area contributed by atoms with Crippen molar-refractivity contribution >= 4 is 23.2 Å². The van der Waals surface area contributed by atoms with E-state index >= 15 is 0 Å². The normalized spacial score (nSPS) is 10.6. The molecule has 0 saturated carbocycles. The number of nitrogens with zero attached hydrogens (tertiary/aromatic N) is 3. The Hall–Kier alpha value is -2.28. The summed E-state index contributed by atoms with van der Waals surface area (Å²) in [5.41, 5.74) is 5.55. The van der Waals surface area contributed by atoms with Gasteiger partial charge in [-0.05, 0) is 49.2 Å². The van der Waals surface area contributed by atoms with Crippen molar-refractivity contribution in [3.05, 3.63) is 75.0 Å². The zero-order chi connectivity index (χ0) is 17.3. The van der Waals surface area contributed by atoms with E-state index in [9.17, 15) is 0 Å². The molecule has 0 unspecified atom stereocenters. The van der Waals surface area contributed by atoms with Gasteiger partial charge < -0.3 is 0 Å². The molecule has 120 valence electrons. The molecule has 1 heterocycles. The Bertz CT molecular complexity index is 952. The van der Waals surface area contributed by atoms with Gasteiger partial charge in [0.15, 0.2) is 0 Å². The van der Waals surface area contributed by atoms with Crippen LogP contribution in [0.15, 0.2) is 42.5 Å². The van der Waals surface area contributed by atoms with Gasteiger partial charge in [-0.25, -0.2) is 0 Å². The fraction of sp³-hybridized carbons (Fsp3) is 0.158. The predicted molar refractivity (Wildman–Crippen MR) is 97.4 cm³/mol. The van der Waals surface area contributed by atoms with Crippen molar-refractivity contribution in [3.8, 4) is 17.2 Å². The summed E-state index contributed by atoms with van der Waals surface area (Å²) in [5.74, 6) is 0. The van der Waals surface area contributed by atoms with Gasteiger partial charge in [-0.15, -0.1) is 0 Å². The largest absolute Gasteiger partial charge is 0.265 e. The average molecular weight is 356 g/mol. The molecule has 2 aromatic carbocycles. The highest BCUT2D eigenvalue weighted by molar-refractivity contribution is 6.32. The maximum atomic E-state index is 9.02. The summed E-state index contributed by atoms with van der Waals surface area (Å²) < 4.78 is 1.96. The zero-order valence-corrected chi connectivity index (χ0v) is 14.9. The summed E-state index contributed by atoms with van der Waals surface area (Å²) in [7, 11) is 0. The summed E-state index contributed by atoms with van der Waals surface area (Å²) in [6, 6.07) is 15.3. The molecule has 0 bridgehead atoms. The zero-order valence-electron chi connectivity index (χ0n) is 13.3. The molecule has 1 aromatic heterocycles. The Morgan fingerprint density at radius 2 is 1.92 bits per heavy atom. The first kappa shape index (κ1) is 16.6. The number of nitriles is 1. The van der Waals surface area contributed by atoms with Gasteiger partial charge in [0.1, 0.15) is 6.07 Å². The monoisotopic (exact) mass is 355 g/mol. The molecule has 3 rings (SSSR count). The van der Waals surface area contributed by atoms with E-state index in [0.29, 0.717) is 22.2 Å². The summed E-state index contributed by atoms with van der Waals surface area (Å²) in [6.07, 6.45) is 0. The minimum atomic E-state index is 0.455. The van der Waals surface area contributed by atoms with Crippen LogP contribution in [0.1, 0.15) is 22.5 Å². The van der Waals surface area contributed by atoms with Crippen molar-refractivity contribution < 1.29 is 0 Å². The number of halogens is 2. The first-order valence-corrected chi connectivity index (χ1v) is 8.23. The van der Waals surface area contributed by atoms with E-state index in [1.807, 2.05) is 54.9 Å². The Balaban J connectivity index is 2.01. The first-order chi connectivity index (χ1) is 11.5. The number of hydrogen-bond acceptors (Lipinski definition) is 2. The van der Waals surface area contributed by atoms with Crippen LogP contribution >= 0.6 is 23.2 Å². The summed E-state index contributed by atoms with van der Waals surface area (Å²) in [5, 5.41) is 14.8. The molecule has 0 radical (unpaired) electrons. The van der Waals surface area contributed by atoms with Gasteiger partial charge in [0.25, 0.3) is 0 Å². The number of aromatic nitrogens is 2. The molecule has 0 aliphatic heterocycles. The van der Waals surface area contributed by atoms with Crippen LogP contribution in [0.3, 0.4) is 0 Å². The van der Waals surface area contributed by atoms with Gasteiger partial charge in [-0.1, -0.05) is 41.4 Å². The fourth-order valence-corrected chi connectivity index (χ4v) is 3.27. The van der Waals surface area contributed by atoms with Gasteiger partial charge in [0.2, 0.25) is 0 Å². The van der Waals surface area contributed by atoms with Gasteiger partial charge in [0, 0.05) is 16.3 Å². The first-order valence-electron chi connectivity index (χ1n) is 7.48. The van der Waals surface area contributed by atoms with Crippen molar-refractivity contribution in [1.82, 2.24) is 9.78 Å². The molecule has 0 spiro atoms. The van der Waals surface area contributed by atoms with Crippen molar-refractivity contribution in [2.24, 2.45) is 0 Å². The average Bonchev–Trinajstić information content (AvgIpc) is 2.81.